The zero-order valence-corrected chi connectivity index (χ0v) is 12.3. The van der Waals surface area contributed by atoms with Gasteiger partial charge in [0.05, 0.1) is 31.5 Å². The van der Waals surface area contributed by atoms with Crippen LogP contribution in [0.1, 0.15) is 24.0 Å². The third-order valence-electron chi connectivity index (χ3n) is 4.01. The van der Waals surface area contributed by atoms with Crippen molar-refractivity contribution in [2.45, 2.75) is 19.4 Å². The highest BCUT2D eigenvalue weighted by molar-refractivity contribution is 5.76. The lowest BCUT2D eigenvalue weighted by molar-refractivity contribution is -0.121. The van der Waals surface area contributed by atoms with Crippen molar-refractivity contribution in [1.29, 1.82) is 0 Å². The molecule has 2 fully saturated rings. The Morgan fingerprint density at radius 2 is 2.14 bits per heavy atom. The van der Waals surface area contributed by atoms with Crippen LogP contribution >= 0.6 is 0 Å². The highest BCUT2D eigenvalue weighted by Gasteiger charge is 2.32. The first kappa shape index (κ1) is 14.2. The monoisotopic (exact) mass is 291 g/mol. The molecule has 2 aliphatic rings. The number of morpholine rings is 1. The van der Waals surface area contributed by atoms with Crippen LogP contribution in [0.3, 0.4) is 0 Å². The van der Waals surface area contributed by atoms with Gasteiger partial charge in [-0.2, -0.15) is 0 Å². The van der Waals surface area contributed by atoms with E-state index in [-0.39, 0.29) is 11.9 Å². The maximum absolute atomic E-state index is 11.1. The van der Waals surface area contributed by atoms with Crippen molar-refractivity contribution in [3.05, 3.63) is 17.6 Å². The number of nitrogens with two attached hydrogens (primary N) is 1. The zero-order valence-electron chi connectivity index (χ0n) is 12.3. The summed E-state index contributed by atoms with van der Waals surface area (Å²) in [6.45, 7) is 6.26. The average Bonchev–Trinajstić information content (AvgIpc) is 2.44. The first-order valence-corrected chi connectivity index (χ1v) is 7.34. The second-order valence-electron chi connectivity index (χ2n) is 5.54. The number of aromatic nitrogens is 2. The van der Waals surface area contributed by atoms with Crippen LogP contribution in [0, 0.1) is 6.92 Å². The van der Waals surface area contributed by atoms with E-state index in [0.717, 1.165) is 56.6 Å². The van der Waals surface area contributed by atoms with Gasteiger partial charge in [0.1, 0.15) is 11.6 Å². The van der Waals surface area contributed by atoms with Crippen LogP contribution in [-0.2, 0) is 9.53 Å². The molecule has 21 heavy (non-hydrogen) atoms. The molecule has 3 heterocycles. The molecule has 0 aliphatic carbocycles. The van der Waals surface area contributed by atoms with E-state index in [0.29, 0.717) is 6.54 Å². The Bertz CT molecular complexity index is 530. The molecule has 2 saturated heterocycles. The number of hydrogen-bond donors (Lipinski definition) is 1. The van der Waals surface area contributed by atoms with E-state index >= 15 is 0 Å². The van der Waals surface area contributed by atoms with E-state index in [2.05, 4.69) is 19.8 Å². The fraction of sp³-hybridized carbons (Fsp3) is 0.643. The highest BCUT2D eigenvalue weighted by Crippen LogP contribution is 2.32. The predicted octanol–water partition coefficient (Wildman–Crippen LogP) is -0.146. The Morgan fingerprint density at radius 1 is 1.38 bits per heavy atom. The van der Waals surface area contributed by atoms with Gasteiger partial charge in [0.25, 0.3) is 0 Å². The number of nitrogens with zero attached hydrogens (tertiary/aromatic N) is 4. The molecule has 7 heteroatoms. The number of primary amides is 1. The van der Waals surface area contributed by atoms with Gasteiger partial charge in [-0.25, -0.2) is 9.97 Å². The van der Waals surface area contributed by atoms with Crippen molar-refractivity contribution >= 4 is 11.7 Å². The second-order valence-corrected chi connectivity index (χ2v) is 5.54. The summed E-state index contributed by atoms with van der Waals surface area (Å²) in [6.07, 6.45) is 1.01. The molecule has 2 aliphatic heterocycles. The molecule has 1 aromatic rings. The zero-order chi connectivity index (χ0) is 14.8. The number of carbonyl (C=O) groups excluding carboxylic acids is 1. The molecule has 1 amide bonds. The van der Waals surface area contributed by atoms with E-state index in [4.69, 9.17) is 10.5 Å². The standard InChI is InChI=1S/C14H21N5O2/c1-10-16-11(12-2-3-19(12)9-13(15)20)8-14(17-10)18-4-6-21-7-5-18/h8,12H,2-7,9H2,1H3,(H2,15,20). The Morgan fingerprint density at radius 3 is 2.76 bits per heavy atom. The first-order valence-electron chi connectivity index (χ1n) is 7.34. The number of anilines is 1. The van der Waals surface area contributed by atoms with Crippen LogP contribution in [0.4, 0.5) is 5.82 Å². The average molecular weight is 291 g/mol. The summed E-state index contributed by atoms with van der Waals surface area (Å²) in [5.74, 6) is 1.42. The Hall–Kier alpha value is -1.73. The largest absolute Gasteiger partial charge is 0.378 e. The van der Waals surface area contributed by atoms with E-state index in [9.17, 15) is 4.79 Å². The van der Waals surface area contributed by atoms with Gasteiger partial charge in [-0.1, -0.05) is 0 Å². The fourth-order valence-electron chi connectivity index (χ4n) is 2.86. The minimum atomic E-state index is -0.293. The number of rotatable bonds is 4. The van der Waals surface area contributed by atoms with Gasteiger partial charge in [0.2, 0.25) is 5.91 Å². The number of hydrogen-bond acceptors (Lipinski definition) is 6. The predicted molar refractivity (Wildman–Crippen MR) is 77.9 cm³/mol. The van der Waals surface area contributed by atoms with E-state index in [1.165, 1.54) is 0 Å². The molecule has 0 spiro atoms. The maximum Gasteiger partial charge on any atom is 0.231 e. The Kier molecular flexibility index (Phi) is 4.03. The van der Waals surface area contributed by atoms with Gasteiger partial charge < -0.3 is 15.4 Å². The molecule has 0 aromatic carbocycles. The molecular weight excluding hydrogens is 270 g/mol. The summed E-state index contributed by atoms with van der Waals surface area (Å²) in [5.41, 5.74) is 6.27. The molecule has 0 saturated carbocycles. The molecule has 1 atom stereocenters. The van der Waals surface area contributed by atoms with Crippen molar-refractivity contribution in [3.63, 3.8) is 0 Å². The number of carbonyl (C=O) groups is 1. The summed E-state index contributed by atoms with van der Waals surface area (Å²) in [6, 6.07) is 2.22. The smallest absolute Gasteiger partial charge is 0.231 e. The molecule has 0 radical (unpaired) electrons. The third kappa shape index (κ3) is 3.14. The van der Waals surface area contributed by atoms with Gasteiger partial charge in [-0.3, -0.25) is 9.69 Å². The molecule has 2 N–H and O–H groups in total. The van der Waals surface area contributed by atoms with Crippen LogP contribution in [0.2, 0.25) is 0 Å². The normalized spacial score (nSPS) is 22.9. The minimum absolute atomic E-state index is 0.180. The van der Waals surface area contributed by atoms with Crippen molar-refractivity contribution in [2.75, 3.05) is 44.3 Å². The maximum atomic E-state index is 11.1. The van der Waals surface area contributed by atoms with Crippen LogP contribution in [0.15, 0.2) is 6.07 Å². The van der Waals surface area contributed by atoms with Gasteiger partial charge in [0.15, 0.2) is 0 Å². The minimum Gasteiger partial charge on any atom is -0.378 e. The highest BCUT2D eigenvalue weighted by atomic mass is 16.5. The molecule has 0 bridgehead atoms. The van der Waals surface area contributed by atoms with Gasteiger partial charge in [0, 0.05) is 25.7 Å². The third-order valence-corrected chi connectivity index (χ3v) is 4.01. The summed E-state index contributed by atoms with van der Waals surface area (Å²) < 4.78 is 5.38. The van der Waals surface area contributed by atoms with Crippen LogP contribution in [0.5, 0.6) is 0 Å². The topological polar surface area (TPSA) is 84.6 Å². The van der Waals surface area contributed by atoms with E-state index in [1.54, 1.807) is 0 Å². The fourth-order valence-corrected chi connectivity index (χ4v) is 2.86. The number of amides is 1. The summed E-state index contributed by atoms with van der Waals surface area (Å²) in [5, 5.41) is 0. The van der Waals surface area contributed by atoms with E-state index in [1.807, 2.05) is 13.0 Å². The Balaban J connectivity index is 1.79. The molecule has 114 valence electrons. The van der Waals surface area contributed by atoms with Crippen LogP contribution in [-0.4, -0.2) is 60.2 Å². The quantitative estimate of drug-likeness (QED) is 0.831. The molecular formula is C14H21N5O2. The number of likely N-dealkylation sites (tertiary alicyclic amines) is 1. The van der Waals surface area contributed by atoms with Gasteiger partial charge in [-0.05, 0) is 13.3 Å². The van der Waals surface area contributed by atoms with Crippen LogP contribution < -0.4 is 10.6 Å². The van der Waals surface area contributed by atoms with Crippen molar-refractivity contribution in [3.8, 4) is 0 Å². The lowest BCUT2D eigenvalue weighted by Crippen LogP contribution is -2.46. The van der Waals surface area contributed by atoms with Crippen molar-refractivity contribution in [2.24, 2.45) is 5.73 Å². The number of ether oxygens (including phenoxy) is 1. The summed E-state index contributed by atoms with van der Waals surface area (Å²) in [4.78, 5) is 24.4. The lowest BCUT2D eigenvalue weighted by Gasteiger charge is -2.40. The SMILES string of the molecule is Cc1nc(C2CCN2CC(N)=O)cc(N2CCOCC2)n1. The van der Waals surface area contributed by atoms with Gasteiger partial charge in [-0.15, -0.1) is 0 Å². The molecule has 1 aromatic heterocycles. The van der Waals surface area contributed by atoms with Crippen LogP contribution in [0.25, 0.3) is 0 Å². The van der Waals surface area contributed by atoms with Crippen molar-refractivity contribution < 1.29 is 9.53 Å². The Labute approximate surface area is 124 Å². The lowest BCUT2D eigenvalue weighted by atomic mass is 9.99. The van der Waals surface area contributed by atoms with E-state index < -0.39 is 0 Å². The summed E-state index contributed by atoms with van der Waals surface area (Å²) in [7, 11) is 0. The molecule has 7 nitrogen and oxygen atoms in total. The summed E-state index contributed by atoms with van der Waals surface area (Å²) >= 11 is 0. The number of aryl methyl sites for hydroxylation is 1. The molecule has 3 rings (SSSR count). The first-order chi connectivity index (χ1) is 10.1. The molecule has 1 unspecified atom stereocenters. The van der Waals surface area contributed by atoms with Crippen molar-refractivity contribution in [1.82, 2.24) is 14.9 Å². The van der Waals surface area contributed by atoms with Gasteiger partial charge >= 0.3 is 0 Å². The second kappa shape index (κ2) is 5.95.